The predicted octanol–water partition coefficient (Wildman–Crippen LogP) is 12.1. The molecule has 0 saturated heterocycles. The fourth-order valence-electron chi connectivity index (χ4n) is 6.30. The average Bonchev–Trinajstić information content (AvgIpc) is 3.34. The van der Waals surface area contributed by atoms with E-state index in [1.54, 1.807) is 98.8 Å². The van der Waals surface area contributed by atoms with Gasteiger partial charge in [-0.05, 0) is 181 Å². The largest absolute Gasteiger partial charge is 2.00 e. The summed E-state index contributed by atoms with van der Waals surface area (Å²) in [5.41, 5.74) is 11.3. The normalized spacial score (nSPS) is 10.2. The molecule has 0 aliphatic rings. The zero-order chi connectivity index (χ0) is 57.5. The number of nitrogens with two attached hydrogens (primary N) is 1. The Balaban J connectivity index is 0. The van der Waals surface area contributed by atoms with Gasteiger partial charge >= 0.3 is 23.1 Å². The Morgan fingerprint density at radius 3 is 0.962 bits per heavy atom. The van der Waals surface area contributed by atoms with E-state index in [0.29, 0.717) is 25.1 Å². The minimum Gasteiger partial charge on any atom is -1.00 e. The monoisotopic (exact) mass is 1150 g/mol. The van der Waals surface area contributed by atoms with Gasteiger partial charge in [-0.2, -0.15) is 24.6 Å². The number of hydrogen-bond acceptors (Lipinski definition) is 4. The van der Waals surface area contributed by atoms with Crippen molar-refractivity contribution in [2.45, 2.75) is 104 Å². The molecule has 0 unspecified atom stereocenters. The number of ketones is 1. The molecule has 0 bridgehead atoms. The predicted molar refractivity (Wildman–Crippen MR) is 302 cm³/mol. The number of benzene rings is 7. The number of hydrogen-bond donors (Lipinski definition) is 3. The van der Waals surface area contributed by atoms with Gasteiger partial charge in [0.2, 0.25) is 5.91 Å². The van der Waals surface area contributed by atoms with Gasteiger partial charge in [0.25, 0.3) is 0 Å². The van der Waals surface area contributed by atoms with Crippen LogP contribution >= 0.6 is 23.2 Å². The van der Waals surface area contributed by atoms with Crippen molar-refractivity contribution in [2.75, 3.05) is 5.88 Å². The van der Waals surface area contributed by atoms with Crippen molar-refractivity contribution in [1.82, 2.24) is 5.32 Å². The molecule has 0 heterocycles. The molecular weight excluding hydrogens is 1080 g/mol. The summed E-state index contributed by atoms with van der Waals surface area (Å²) in [6, 6.07) is 43.7. The van der Waals surface area contributed by atoms with Gasteiger partial charge in [0, 0.05) is 23.4 Å². The van der Waals surface area contributed by atoms with Crippen LogP contribution in [0.2, 0.25) is 0 Å². The van der Waals surface area contributed by atoms with Gasteiger partial charge in [-0.3, -0.25) is 4.79 Å². The fraction of sp³-hybridized carbons (Fsp3) is 0.274. The van der Waals surface area contributed by atoms with Gasteiger partial charge in [0.1, 0.15) is 46.6 Å². The number of halogens is 10. The van der Waals surface area contributed by atoms with Gasteiger partial charge in [-0.25, -0.2) is 30.7 Å². The first-order chi connectivity index (χ1) is 35.5. The summed E-state index contributed by atoms with van der Waals surface area (Å²) in [6.07, 6.45) is 2.65. The zero-order valence-corrected chi connectivity index (χ0v) is 49.1. The SMILES string of the molecule is CC(C)(Cc1ccc(F)cc1)NC(=O)CCl.CC(C)(N)Cc1ccc(F)cc1.CC(C)(O)Cc1ccc(F)cc1.CC(C)=O.Fc1ccc(CCl)cc1.Fc1ccc(Cc2ccc(F)cc2)cc1.[CH2-]c1ccc(F)cc1.[Cl-].[Mg+2]. The van der Waals surface area contributed by atoms with Crippen LogP contribution in [0.5, 0.6) is 0 Å². The molecule has 0 fully saturated rings. The second-order valence-corrected chi connectivity index (χ2v) is 20.0. The van der Waals surface area contributed by atoms with Crippen LogP contribution in [0.3, 0.4) is 0 Å². The molecule has 418 valence electrons. The molecule has 78 heavy (non-hydrogen) atoms. The smallest absolute Gasteiger partial charge is 1.00 e. The summed E-state index contributed by atoms with van der Waals surface area (Å²) >= 11 is 10.9. The summed E-state index contributed by atoms with van der Waals surface area (Å²) in [6.45, 7) is 17.8. The Hall–Kier alpha value is -5.38. The number of aliphatic hydroxyl groups is 1. The van der Waals surface area contributed by atoms with Gasteiger partial charge in [-0.1, -0.05) is 84.9 Å². The van der Waals surface area contributed by atoms with Crippen LogP contribution in [-0.2, 0) is 41.2 Å². The van der Waals surface area contributed by atoms with E-state index >= 15 is 0 Å². The molecule has 0 aliphatic heterocycles. The van der Waals surface area contributed by atoms with Crippen molar-refractivity contribution in [3.63, 3.8) is 0 Å². The van der Waals surface area contributed by atoms with E-state index in [1.165, 1.54) is 98.8 Å². The summed E-state index contributed by atoms with van der Waals surface area (Å²) in [5.74, 6) is -1.24. The fourth-order valence-corrected chi connectivity index (χ4v) is 6.54. The quantitative estimate of drug-likeness (QED) is 0.0521. The first-order valence-electron chi connectivity index (χ1n) is 23.9. The first kappa shape index (κ1) is 74.7. The van der Waals surface area contributed by atoms with E-state index in [9.17, 15) is 45.4 Å². The maximum Gasteiger partial charge on any atom is 2.00 e. The van der Waals surface area contributed by atoms with Crippen molar-refractivity contribution in [3.05, 3.63) is 256 Å². The van der Waals surface area contributed by atoms with E-state index in [2.05, 4.69) is 12.2 Å². The number of rotatable bonds is 11. The zero-order valence-electron chi connectivity index (χ0n) is 45.4. The average molecular weight is 1150 g/mol. The van der Waals surface area contributed by atoms with Crippen LogP contribution in [0.1, 0.15) is 94.3 Å². The third-order valence-corrected chi connectivity index (χ3v) is 10.0. The third-order valence-electron chi connectivity index (χ3n) is 9.50. The van der Waals surface area contributed by atoms with Gasteiger partial charge in [0.15, 0.2) is 0 Å². The number of Topliss-reactive ketones (excluding diaryl/α,β-unsaturated/α-hetero) is 1. The molecule has 7 aromatic carbocycles. The van der Waals surface area contributed by atoms with Crippen LogP contribution in [0.25, 0.3) is 0 Å². The van der Waals surface area contributed by atoms with E-state index in [-0.39, 0.29) is 105 Å². The molecule has 0 radical (unpaired) electrons. The summed E-state index contributed by atoms with van der Waals surface area (Å²) < 4.78 is 87.1. The van der Waals surface area contributed by atoms with Gasteiger partial charge in [-0.15, -0.1) is 23.2 Å². The van der Waals surface area contributed by atoms with Crippen molar-refractivity contribution in [1.29, 1.82) is 0 Å². The summed E-state index contributed by atoms with van der Waals surface area (Å²) in [7, 11) is 0. The maximum atomic E-state index is 12.7. The van der Waals surface area contributed by atoms with E-state index in [1.807, 2.05) is 27.7 Å². The Kier molecular flexibility index (Phi) is 37.4. The minimum atomic E-state index is -0.724. The Labute approximate surface area is 489 Å². The molecule has 7 aromatic rings. The summed E-state index contributed by atoms with van der Waals surface area (Å²) in [4.78, 5) is 20.6. The summed E-state index contributed by atoms with van der Waals surface area (Å²) in [5, 5.41) is 12.3. The first-order valence-corrected chi connectivity index (χ1v) is 25.0. The van der Waals surface area contributed by atoms with Gasteiger partial charge < -0.3 is 33.4 Å². The van der Waals surface area contributed by atoms with E-state index in [0.717, 1.165) is 45.4 Å². The number of amides is 1. The number of nitrogens with one attached hydrogen (secondary N) is 1. The molecule has 4 N–H and O–H groups in total. The molecule has 0 aliphatic carbocycles. The molecule has 1 amide bonds. The number of carbonyl (C=O) groups is 2. The molecule has 7 rings (SSSR count). The Bertz CT molecular complexity index is 2560. The van der Waals surface area contributed by atoms with Gasteiger partial charge in [0.05, 0.1) is 11.4 Å². The minimum absolute atomic E-state index is 0. The van der Waals surface area contributed by atoms with Crippen LogP contribution in [0.15, 0.2) is 170 Å². The van der Waals surface area contributed by atoms with Crippen LogP contribution < -0.4 is 23.5 Å². The Morgan fingerprint density at radius 2 is 0.718 bits per heavy atom. The standard InChI is InChI=1S/C13H10F2.C12H15ClFNO.C10H14FN.C10H13FO.C7H6ClF.C7H6F.C3H6O.ClH.Mg/c14-12-5-1-10(2-6-12)9-11-3-7-13(15)8-4-11;1-12(2,15-11(16)8-13)7-9-3-5-10(14)6-4-9;2*1-10(2,12)7-8-3-5-9(11)6-4-8;8-5-6-1-3-7(9)4-2-6;1-6-2-4-7(8)5-3-6;1-3(2)4;;/h1-8H,9H2;3-6H,7-8H2,1-2H3,(H,15,16);3-6H,7,12H2,1-2H3;3-6,12H,7H2,1-2H3;1-4H,5H2;2-5H,1H2;1-2H3;1H;/q;;;;;-1;;;+2/p-1. The third kappa shape index (κ3) is 39.9. The van der Waals surface area contributed by atoms with E-state index in [4.69, 9.17) is 28.9 Å². The van der Waals surface area contributed by atoms with Crippen molar-refractivity contribution in [3.8, 4) is 0 Å². The van der Waals surface area contributed by atoms with Crippen LogP contribution in [0, 0.1) is 47.6 Å². The Morgan fingerprint density at radius 1 is 0.474 bits per heavy atom. The number of alkyl halides is 2. The van der Waals surface area contributed by atoms with E-state index < -0.39 is 5.60 Å². The molecule has 0 aromatic heterocycles. The van der Waals surface area contributed by atoms with Crippen molar-refractivity contribution < 1.29 is 57.8 Å². The van der Waals surface area contributed by atoms with Crippen molar-refractivity contribution >= 4 is 57.9 Å². The van der Waals surface area contributed by atoms with Crippen LogP contribution in [-0.4, -0.2) is 62.4 Å². The topological polar surface area (TPSA) is 92.4 Å². The second-order valence-electron chi connectivity index (χ2n) is 19.5. The molecule has 0 spiro atoms. The molecule has 0 atom stereocenters. The van der Waals surface area contributed by atoms with Crippen LogP contribution in [0.4, 0.5) is 30.7 Å². The molecular formula is C62H70Cl3F7MgN2O3. The molecule has 5 nitrogen and oxygen atoms in total. The molecule has 0 saturated carbocycles. The molecule has 16 heteroatoms. The van der Waals surface area contributed by atoms with Crippen molar-refractivity contribution in [2.24, 2.45) is 5.73 Å². The maximum absolute atomic E-state index is 12.7. The number of carbonyl (C=O) groups excluding carboxylic acids is 2. The second kappa shape index (κ2) is 39.1.